The second kappa shape index (κ2) is 6.15. The van der Waals surface area contributed by atoms with Gasteiger partial charge >= 0.3 is 0 Å². The molecule has 1 aromatic carbocycles. The normalized spacial score (nSPS) is 20.1. The van der Waals surface area contributed by atoms with Crippen LogP contribution in [0.25, 0.3) is 0 Å². The van der Waals surface area contributed by atoms with E-state index < -0.39 is 0 Å². The van der Waals surface area contributed by atoms with Crippen molar-refractivity contribution in [1.82, 2.24) is 4.90 Å². The lowest BCUT2D eigenvalue weighted by Crippen LogP contribution is -2.36. The van der Waals surface area contributed by atoms with Crippen LogP contribution < -0.4 is 10.5 Å². The third-order valence-corrected chi connectivity index (χ3v) is 4.52. The van der Waals surface area contributed by atoms with Crippen molar-refractivity contribution in [1.29, 1.82) is 0 Å². The van der Waals surface area contributed by atoms with Gasteiger partial charge in [-0.25, -0.2) is 0 Å². The maximum absolute atomic E-state index is 6.11. The molecule has 0 heterocycles. The van der Waals surface area contributed by atoms with Gasteiger partial charge in [-0.3, -0.25) is 4.90 Å². The molecule has 2 fully saturated rings. The predicted octanol–water partition coefficient (Wildman–Crippen LogP) is 2.82. The lowest BCUT2D eigenvalue weighted by atomic mass is 10.0. The first-order valence-corrected chi connectivity index (χ1v) is 7.88. The van der Waals surface area contributed by atoms with E-state index in [-0.39, 0.29) is 0 Å². The highest BCUT2D eigenvalue weighted by Gasteiger charge is 2.32. The van der Waals surface area contributed by atoms with Crippen LogP contribution in [-0.2, 0) is 0 Å². The summed E-state index contributed by atoms with van der Waals surface area (Å²) in [6, 6.07) is 8.75. The van der Waals surface area contributed by atoms with Gasteiger partial charge in [0.2, 0.25) is 0 Å². The Morgan fingerprint density at radius 1 is 1.20 bits per heavy atom. The number of nitrogens with zero attached hydrogens (tertiary/aromatic N) is 1. The van der Waals surface area contributed by atoms with Crippen molar-refractivity contribution in [2.75, 3.05) is 26.7 Å². The summed E-state index contributed by atoms with van der Waals surface area (Å²) < 4.78 is 5.36. The van der Waals surface area contributed by atoms with Crippen molar-refractivity contribution in [2.45, 2.75) is 31.7 Å². The molecule has 2 aliphatic carbocycles. The highest BCUT2D eigenvalue weighted by Crippen LogP contribution is 2.37. The van der Waals surface area contributed by atoms with Crippen LogP contribution >= 0.6 is 0 Å². The summed E-state index contributed by atoms with van der Waals surface area (Å²) in [6.45, 7) is 3.12. The Morgan fingerprint density at radius 3 is 2.35 bits per heavy atom. The van der Waals surface area contributed by atoms with Gasteiger partial charge in [0.05, 0.1) is 7.11 Å². The van der Waals surface area contributed by atoms with Crippen molar-refractivity contribution in [3.8, 4) is 5.75 Å². The van der Waals surface area contributed by atoms with Crippen LogP contribution in [0.5, 0.6) is 5.75 Å². The summed E-state index contributed by atoms with van der Waals surface area (Å²) in [6.07, 6.45) is 5.60. The number of hydrogen-bond acceptors (Lipinski definition) is 3. The molecule has 0 spiro atoms. The topological polar surface area (TPSA) is 38.5 Å². The smallest absolute Gasteiger partial charge is 0.119 e. The Hall–Kier alpha value is -1.06. The van der Waals surface area contributed by atoms with Gasteiger partial charge in [-0.15, -0.1) is 0 Å². The van der Waals surface area contributed by atoms with E-state index in [1.807, 2.05) is 6.07 Å². The van der Waals surface area contributed by atoms with Gasteiger partial charge in [0.15, 0.2) is 0 Å². The zero-order valence-corrected chi connectivity index (χ0v) is 12.4. The maximum Gasteiger partial charge on any atom is 0.119 e. The third-order valence-electron chi connectivity index (χ3n) is 4.52. The monoisotopic (exact) mass is 274 g/mol. The van der Waals surface area contributed by atoms with Crippen LogP contribution in [0.1, 0.15) is 37.3 Å². The van der Waals surface area contributed by atoms with Crippen molar-refractivity contribution < 1.29 is 4.74 Å². The first-order valence-electron chi connectivity index (χ1n) is 7.88. The second-order valence-electron chi connectivity index (χ2n) is 6.37. The van der Waals surface area contributed by atoms with E-state index in [0.717, 1.165) is 17.6 Å². The molecule has 0 radical (unpaired) electrons. The molecule has 1 aromatic rings. The number of benzene rings is 1. The molecular weight excluding hydrogens is 248 g/mol. The zero-order chi connectivity index (χ0) is 13.9. The van der Waals surface area contributed by atoms with Gasteiger partial charge in [0.1, 0.15) is 5.75 Å². The first kappa shape index (κ1) is 13.9. The summed E-state index contributed by atoms with van der Waals surface area (Å²) in [4.78, 5) is 2.63. The molecular formula is C17H26N2O. The number of nitrogens with two attached hydrogens (primary N) is 1. The van der Waals surface area contributed by atoms with Crippen molar-refractivity contribution >= 4 is 0 Å². The summed E-state index contributed by atoms with van der Waals surface area (Å²) in [7, 11) is 1.72. The molecule has 110 valence electrons. The van der Waals surface area contributed by atoms with E-state index in [1.54, 1.807) is 7.11 Å². The lowest BCUT2D eigenvalue weighted by Gasteiger charge is -2.31. The molecule has 2 N–H and O–H groups in total. The largest absolute Gasteiger partial charge is 0.497 e. The fourth-order valence-corrected chi connectivity index (χ4v) is 2.94. The molecule has 0 saturated heterocycles. The Balaban J connectivity index is 1.75. The molecule has 3 nitrogen and oxygen atoms in total. The fourth-order valence-electron chi connectivity index (χ4n) is 2.94. The van der Waals surface area contributed by atoms with E-state index >= 15 is 0 Å². The maximum atomic E-state index is 6.11. The molecule has 0 aliphatic heterocycles. The molecule has 0 amide bonds. The average Bonchev–Trinajstić information content (AvgIpc) is 3.36. The molecule has 3 heteroatoms. The van der Waals surface area contributed by atoms with Gasteiger partial charge < -0.3 is 10.5 Å². The molecule has 2 saturated carbocycles. The van der Waals surface area contributed by atoms with Gasteiger partial charge in [-0.05, 0) is 55.2 Å². The van der Waals surface area contributed by atoms with Crippen LogP contribution in [0.15, 0.2) is 24.3 Å². The van der Waals surface area contributed by atoms with Crippen LogP contribution in [0.4, 0.5) is 0 Å². The van der Waals surface area contributed by atoms with Crippen LogP contribution in [0, 0.1) is 11.8 Å². The number of ether oxygens (including phenoxy) is 1. The number of hydrogen-bond donors (Lipinski definition) is 1. The van der Waals surface area contributed by atoms with Gasteiger partial charge in [0, 0.05) is 25.7 Å². The molecule has 20 heavy (non-hydrogen) atoms. The van der Waals surface area contributed by atoms with E-state index in [9.17, 15) is 0 Å². The minimum atomic E-state index is 0.339. The minimum absolute atomic E-state index is 0.339. The van der Waals surface area contributed by atoms with Crippen LogP contribution in [0.3, 0.4) is 0 Å². The quantitative estimate of drug-likeness (QED) is 0.792. The van der Waals surface area contributed by atoms with E-state index in [0.29, 0.717) is 12.6 Å². The first-order chi connectivity index (χ1) is 9.80. The molecule has 0 bridgehead atoms. The average molecular weight is 274 g/mol. The minimum Gasteiger partial charge on any atom is -0.497 e. The summed E-state index contributed by atoms with van der Waals surface area (Å²) in [5.74, 6) is 2.75. The van der Waals surface area contributed by atoms with Crippen molar-refractivity contribution in [2.24, 2.45) is 17.6 Å². The lowest BCUT2D eigenvalue weighted by molar-refractivity contribution is 0.184. The van der Waals surface area contributed by atoms with Crippen LogP contribution in [0.2, 0.25) is 0 Å². The Labute approximate surface area is 122 Å². The Kier molecular flexibility index (Phi) is 4.27. The molecule has 0 aromatic heterocycles. The van der Waals surface area contributed by atoms with Crippen LogP contribution in [-0.4, -0.2) is 31.6 Å². The summed E-state index contributed by atoms with van der Waals surface area (Å²) in [5, 5.41) is 0. The molecule has 3 rings (SSSR count). The summed E-state index contributed by atoms with van der Waals surface area (Å²) >= 11 is 0. The van der Waals surface area contributed by atoms with E-state index in [4.69, 9.17) is 10.5 Å². The Morgan fingerprint density at radius 2 is 1.85 bits per heavy atom. The highest BCUT2D eigenvalue weighted by atomic mass is 16.5. The molecule has 2 aliphatic rings. The second-order valence-corrected chi connectivity index (χ2v) is 6.37. The van der Waals surface area contributed by atoms with E-state index in [2.05, 4.69) is 23.1 Å². The van der Waals surface area contributed by atoms with Gasteiger partial charge in [-0.1, -0.05) is 12.1 Å². The third kappa shape index (κ3) is 3.53. The van der Waals surface area contributed by atoms with Gasteiger partial charge in [0.25, 0.3) is 0 Å². The highest BCUT2D eigenvalue weighted by molar-refractivity contribution is 5.31. The van der Waals surface area contributed by atoms with E-state index in [1.165, 1.54) is 44.3 Å². The predicted molar refractivity (Wildman–Crippen MR) is 81.8 cm³/mol. The summed E-state index contributed by atoms with van der Waals surface area (Å²) in [5.41, 5.74) is 7.41. The van der Waals surface area contributed by atoms with Gasteiger partial charge in [-0.2, -0.15) is 0 Å². The number of rotatable bonds is 8. The number of methoxy groups -OCH3 is 1. The molecule has 1 atom stereocenters. The zero-order valence-electron chi connectivity index (χ0n) is 12.4. The standard InChI is InChI=1S/C17H26N2O/c1-20-16-4-2-3-15(9-16)17(10-18)19(11-13-5-6-13)12-14-7-8-14/h2-4,9,13-14,17H,5-8,10-12,18H2,1H3. The Bertz CT molecular complexity index is 426. The molecule has 1 unspecified atom stereocenters. The fraction of sp³-hybridized carbons (Fsp3) is 0.647. The SMILES string of the molecule is COc1cccc(C(CN)N(CC2CC2)CC2CC2)c1. The van der Waals surface area contributed by atoms with Crippen molar-refractivity contribution in [3.05, 3.63) is 29.8 Å². The van der Waals surface area contributed by atoms with Crippen molar-refractivity contribution in [3.63, 3.8) is 0 Å².